The molecule has 0 aliphatic carbocycles. The maximum absolute atomic E-state index is 13.0. The van der Waals surface area contributed by atoms with Crippen LogP contribution in [-0.4, -0.2) is 47.4 Å². The zero-order chi connectivity index (χ0) is 25.6. The summed E-state index contributed by atoms with van der Waals surface area (Å²) in [5.41, 5.74) is 0.242. The van der Waals surface area contributed by atoms with Gasteiger partial charge in [-0.3, -0.25) is 30.1 Å². The topological polar surface area (TPSA) is 176 Å². The van der Waals surface area contributed by atoms with Gasteiger partial charge in [-0.2, -0.15) is 4.72 Å². The molecule has 0 saturated carbocycles. The van der Waals surface area contributed by atoms with Crippen LogP contribution in [0.2, 0.25) is 0 Å². The number of benzene rings is 2. The van der Waals surface area contributed by atoms with Gasteiger partial charge in [-0.25, -0.2) is 8.42 Å². The Hall–Kier alpha value is -3.53. The number of nitrogens with one attached hydrogen (secondary N) is 4. The van der Waals surface area contributed by atoms with Crippen LogP contribution in [0.4, 0.5) is 10.8 Å². The Kier molecular flexibility index (Phi) is 8.39. The number of rotatable bonds is 10. The number of carbonyl (C=O) groups is 2. The van der Waals surface area contributed by atoms with E-state index >= 15 is 0 Å². The second kappa shape index (κ2) is 11.3. The van der Waals surface area contributed by atoms with Crippen molar-refractivity contribution < 1.29 is 22.9 Å². The Labute approximate surface area is 209 Å². The van der Waals surface area contributed by atoms with Crippen LogP contribution in [0, 0.1) is 14.1 Å². The lowest BCUT2D eigenvalue weighted by Gasteiger charge is -2.21. The van der Waals surface area contributed by atoms with Gasteiger partial charge in [-0.05, 0) is 37.2 Å². The van der Waals surface area contributed by atoms with Crippen molar-refractivity contribution in [3.8, 4) is 0 Å². The quantitative estimate of drug-likeness (QED) is 0.173. The third-order valence-corrected chi connectivity index (χ3v) is 7.13. The number of aromatic amines is 1. The molecule has 0 bridgehead atoms. The number of carbonyl (C=O) groups excluding carboxylic acids is 2. The zero-order valence-corrected chi connectivity index (χ0v) is 20.6. The number of sulfonamides is 1. The van der Waals surface area contributed by atoms with Gasteiger partial charge < -0.3 is 5.32 Å². The Balaban J connectivity index is 1.80. The maximum atomic E-state index is 13.0. The molecule has 3 rings (SSSR count). The van der Waals surface area contributed by atoms with E-state index < -0.39 is 44.5 Å². The molecule has 4 N–H and O–H groups in total. The number of H-pyrrole nitrogens is 1. The first-order valence-electron chi connectivity index (χ1n) is 10.0. The van der Waals surface area contributed by atoms with E-state index in [1.165, 1.54) is 19.1 Å². The molecule has 2 atom stereocenters. The maximum Gasteiger partial charge on any atom is 0.270 e. The molecule has 1 aromatic heterocycles. The number of hydrogen-bond acceptors (Lipinski definition) is 9. The molecule has 2 aromatic carbocycles. The van der Waals surface area contributed by atoms with Gasteiger partial charge in [0, 0.05) is 12.1 Å². The monoisotopic (exact) mass is 536 g/mol. The number of anilines is 1. The second-order valence-electron chi connectivity index (χ2n) is 7.26. The second-order valence-corrected chi connectivity index (χ2v) is 10.6. The van der Waals surface area contributed by atoms with E-state index in [0.717, 1.165) is 23.5 Å². The predicted molar refractivity (Wildman–Crippen MR) is 131 cm³/mol. The van der Waals surface area contributed by atoms with E-state index in [1.54, 1.807) is 30.3 Å². The minimum atomic E-state index is -4.32. The number of nitro groups is 1. The average molecular weight is 537 g/mol. The van der Waals surface area contributed by atoms with Crippen molar-refractivity contribution in [3.63, 3.8) is 0 Å². The summed E-state index contributed by atoms with van der Waals surface area (Å²) < 4.78 is 28.6. The Morgan fingerprint density at radius 2 is 1.89 bits per heavy atom. The molecular weight excluding hydrogens is 516 g/mol. The molecule has 35 heavy (non-hydrogen) atoms. The minimum Gasteiger partial charge on any atom is -0.343 e. The zero-order valence-electron chi connectivity index (χ0n) is 18.1. The van der Waals surface area contributed by atoms with Crippen LogP contribution in [-0.2, 0) is 26.0 Å². The van der Waals surface area contributed by atoms with E-state index in [9.17, 15) is 28.1 Å². The third kappa shape index (κ3) is 7.22. The van der Waals surface area contributed by atoms with Crippen LogP contribution < -0.4 is 15.4 Å². The summed E-state index contributed by atoms with van der Waals surface area (Å²) in [7, 11) is -4.32. The van der Waals surface area contributed by atoms with Crippen molar-refractivity contribution in [1.29, 1.82) is 0 Å². The molecule has 2 amide bonds. The normalized spacial score (nSPS) is 12.9. The van der Waals surface area contributed by atoms with Gasteiger partial charge in [0.15, 0.2) is 3.95 Å². The first kappa shape index (κ1) is 26.1. The van der Waals surface area contributed by atoms with Crippen LogP contribution in [0.3, 0.4) is 0 Å². The number of nitro benzene ring substituents is 1. The lowest BCUT2D eigenvalue weighted by atomic mass is 10.1. The highest BCUT2D eigenvalue weighted by atomic mass is 32.2. The predicted octanol–water partition coefficient (Wildman–Crippen LogP) is 2.14. The molecule has 0 aliphatic rings. The van der Waals surface area contributed by atoms with E-state index in [0.29, 0.717) is 9.52 Å². The van der Waals surface area contributed by atoms with Gasteiger partial charge in [0.2, 0.25) is 27.0 Å². The fourth-order valence-electron chi connectivity index (χ4n) is 2.93. The number of non-ortho nitro benzene ring substituents is 1. The molecule has 15 heteroatoms. The fourth-order valence-corrected chi connectivity index (χ4v) is 4.96. The molecule has 184 valence electrons. The van der Waals surface area contributed by atoms with Crippen LogP contribution >= 0.6 is 23.6 Å². The van der Waals surface area contributed by atoms with Crippen molar-refractivity contribution in [2.24, 2.45) is 0 Å². The highest BCUT2D eigenvalue weighted by molar-refractivity contribution is 7.89. The molecular formula is C20H20N6O6S3. The van der Waals surface area contributed by atoms with Gasteiger partial charge >= 0.3 is 0 Å². The molecule has 1 heterocycles. The highest BCUT2D eigenvalue weighted by Gasteiger charge is 2.29. The van der Waals surface area contributed by atoms with Crippen LogP contribution in [0.1, 0.15) is 12.5 Å². The Morgan fingerprint density at radius 3 is 2.51 bits per heavy atom. The summed E-state index contributed by atoms with van der Waals surface area (Å²) in [5.74, 6) is -1.35. The van der Waals surface area contributed by atoms with Gasteiger partial charge in [-0.1, -0.05) is 47.7 Å². The smallest absolute Gasteiger partial charge is 0.270 e. The van der Waals surface area contributed by atoms with Crippen molar-refractivity contribution in [2.75, 3.05) is 5.32 Å². The lowest BCUT2D eigenvalue weighted by molar-refractivity contribution is -0.385. The third-order valence-electron chi connectivity index (χ3n) is 4.66. The van der Waals surface area contributed by atoms with E-state index in [-0.39, 0.29) is 16.4 Å². The summed E-state index contributed by atoms with van der Waals surface area (Å²) >= 11 is 5.94. The summed E-state index contributed by atoms with van der Waals surface area (Å²) in [4.78, 5) is 35.4. The van der Waals surface area contributed by atoms with Crippen LogP contribution in [0.25, 0.3) is 0 Å². The van der Waals surface area contributed by atoms with Crippen molar-refractivity contribution in [1.82, 2.24) is 20.2 Å². The standard InChI is InChI=1S/C20H20N6O6S3/c1-12(17(27)22-19-23-24-20(33)34-19)21-18(28)16(10-13-6-3-2-4-7-13)25-35(31,32)15-9-5-8-14(11-15)26(29)30/h2-9,11-12,16,25H,10H2,1H3,(H,21,28)(H,24,33)(H,22,23,27)/t12-,16-/m0/s1. The van der Waals surface area contributed by atoms with Gasteiger partial charge in [-0.15, -0.1) is 5.10 Å². The molecule has 0 saturated heterocycles. The molecule has 0 aliphatic heterocycles. The summed E-state index contributed by atoms with van der Waals surface area (Å²) in [5, 5.41) is 22.6. The van der Waals surface area contributed by atoms with E-state index in [1.807, 2.05) is 0 Å². The first-order valence-corrected chi connectivity index (χ1v) is 12.7. The molecule has 0 radical (unpaired) electrons. The fraction of sp³-hybridized carbons (Fsp3) is 0.200. The van der Waals surface area contributed by atoms with Gasteiger partial charge in [0.25, 0.3) is 5.69 Å². The van der Waals surface area contributed by atoms with Crippen LogP contribution in [0.15, 0.2) is 59.5 Å². The van der Waals surface area contributed by atoms with Crippen molar-refractivity contribution in [3.05, 3.63) is 74.2 Å². The summed E-state index contributed by atoms with van der Waals surface area (Å²) in [6, 6.07) is 10.8. The number of hydrogen-bond donors (Lipinski definition) is 4. The Morgan fingerprint density at radius 1 is 1.17 bits per heavy atom. The molecule has 0 fully saturated rings. The van der Waals surface area contributed by atoms with E-state index in [2.05, 4.69) is 25.6 Å². The number of aromatic nitrogens is 2. The summed E-state index contributed by atoms with van der Waals surface area (Å²) in [6.07, 6.45) is -0.0318. The van der Waals surface area contributed by atoms with E-state index in [4.69, 9.17) is 12.2 Å². The van der Waals surface area contributed by atoms with Crippen molar-refractivity contribution in [2.45, 2.75) is 30.3 Å². The van der Waals surface area contributed by atoms with Gasteiger partial charge in [0.1, 0.15) is 12.1 Å². The van der Waals surface area contributed by atoms with Crippen molar-refractivity contribution >= 4 is 56.2 Å². The minimum absolute atomic E-state index is 0.0318. The molecule has 3 aromatic rings. The SMILES string of the molecule is C[C@H](NC(=O)[C@H](Cc1ccccc1)NS(=O)(=O)c1cccc([N+](=O)[O-])c1)C(=O)Nc1n[nH]c(=S)s1. The average Bonchev–Trinajstić information content (AvgIpc) is 3.23. The molecule has 12 nitrogen and oxygen atoms in total. The number of amides is 2. The number of nitrogens with zero attached hydrogens (tertiary/aromatic N) is 2. The summed E-state index contributed by atoms with van der Waals surface area (Å²) in [6.45, 7) is 1.42. The van der Waals surface area contributed by atoms with Gasteiger partial charge in [0.05, 0.1) is 9.82 Å². The van der Waals surface area contributed by atoms with Crippen LogP contribution in [0.5, 0.6) is 0 Å². The first-order chi connectivity index (χ1) is 16.5. The lowest BCUT2D eigenvalue weighted by Crippen LogP contribution is -2.52. The highest BCUT2D eigenvalue weighted by Crippen LogP contribution is 2.18. The Bertz CT molecular complexity index is 1390. The molecule has 0 spiro atoms. The molecule has 0 unspecified atom stereocenters. The largest absolute Gasteiger partial charge is 0.343 e.